The van der Waals surface area contributed by atoms with Gasteiger partial charge in [-0.1, -0.05) is 0 Å². The highest BCUT2D eigenvalue weighted by atomic mass is 32.1. The summed E-state index contributed by atoms with van der Waals surface area (Å²) in [7, 11) is 0. The van der Waals surface area contributed by atoms with E-state index >= 15 is 0 Å². The molecule has 0 aliphatic carbocycles. The average Bonchev–Trinajstić information content (AvgIpc) is 2.06. The Morgan fingerprint density at radius 3 is 2.33 bits per heavy atom. The molecule has 0 atom stereocenters. The van der Waals surface area contributed by atoms with Gasteiger partial charge >= 0.3 is 0 Å². The molecular formula is C7H2F3NS. The SMILES string of the molecule is Fc1ccc(F)c(N=C=S)c1F. The van der Waals surface area contributed by atoms with Crippen molar-refractivity contribution in [1.82, 2.24) is 0 Å². The maximum absolute atomic E-state index is 12.7. The summed E-state index contributed by atoms with van der Waals surface area (Å²) in [6, 6.07) is 1.44. The third-order valence-corrected chi connectivity index (χ3v) is 1.27. The molecule has 0 bridgehead atoms. The first-order chi connectivity index (χ1) is 5.66. The van der Waals surface area contributed by atoms with Gasteiger partial charge in [0, 0.05) is 0 Å². The lowest BCUT2D eigenvalue weighted by Gasteiger charge is -1.96. The lowest BCUT2D eigenvalue weighted by Crippen LogP contribution is -1.87. The first-order valence-electron chi connectivity index (χ1n) is 2.88. The molecule has 0 unspecified atom stereocenters. The van der Waals surface area contributed by atoms with Gasteiger partial charge in [0.25, 0.3) is 0 Å². The molecule has 62 valence electrons. The first kappa shape index (κ1) is 8.90. The van der Waals surface area contributed by atoms with Crippen molar-refractivity contribution < 1.29 is 13.2 Å². The smallest absolute Gasteiger partial charge is 0.188 e. The number of hydrogen-bond acceptors (Lipinski definition) is 2. The molecule has 1 aromatic carbocycles. The zero-order chi connectivity index (χ0) is 9.14. The molecule has 0 saturated heterocycles. The van der Waals surface area contributed by atoms with Gasteiger partial charge in [0.2, 0.25) is 0 Å². The second-order valence-corrected chi connectivity index (χ2v) is 2.08. The third-order valence-electron chi connectivity index (χ3n) is 1.18. The molecule has 0 heterocycles. The number of hydrogen-bond donors (Lipinski definition) is 0. The van der Waals surface area contributed by atoms with E-state index in [9.17, 15) is 13.2 Å². The molecule has 0 spiro atoms. The fourth-order valence-corrected chi connectivity index (χ4v) is 0.756. The van der Waals surface area contributed by atoms with Crippen molar-refractivity contribution in [2.45, 2.75) is 0 Å². The summed E-state index contributed by atoms with van der Waals surface area (Å²) in [6.45, 7) is 0. The van der Waals surface area contributed by atoms with E-state index in [1.807, 2.05) is 0 Å². The van der Waals surface area contributed by atoms with Gasteiger partial charge < -0.3 is 0 Å². The van der Waals surface area contributed by atoms with Gasteiger partial charge in [-0.3, -0.25) is 0 Å². The quantitative estimate of drug-likeness (QED) is 0.376. The maximum Gasteiger partial charge on any atom is 0.188 e. The van der Waals surface area contributed by atoms with Crippen molar-refractivity contribution in [3.63, 3.8) is 0 Å². The van der Waals surface area contributed by atoms with Crippen LogP contribution in [0.5, 0.6) is 0 Å². The Labute approximate surface area is 71.5 Å². The average molecular weight is 189 g/mol. The summed E-state index contributed by atoms with van der Waals surface area (Å²) in [4.78, 5) is 3.04. The van der Waals surface area contributed by atoms with Crippen LogP contribution in [0.1, 0.15) is 0 Å². The summed E-state index contributed by atoms with van der Waals surface area (Å²) >= 11 is 4.12. The monoisotopic (exact) mass is 189 g/mol. The van der Waals surface area contributed by atoms with Crippen molar-refractivity contribution >= 4 is 23.1 Å². The highest BCUT2D eigenvalue weighted by Crippen LogP contribution is 2.23. The van der Waals surface area contributed by atoms with Gasteiger partial charge in [-0.25, -0.2) is 13.2 Å². The van der Waals surface area contributed by atoms with Crippen molar-refractivity contribution in [1.29, 1.82) is 0 Å². The predicted molar refractivity (Wildman–Crippen MR) is 41.0 cm³/mol. The zero-order valence-electron chi connectivity index (χ0n) is 5.64. The minimum Gasteiger partial charge on any atom is -0.204 e. The Balaban J connectivity index is 3.42. The summed E-state index contributed by atoms with van der Waals surface area (Å²) in [6.07, 6.45) is 0. The molecule has 5 heteroatoms. The van der Waals surface area contributed by atoms with Gasteiger partial charge in [-0.15, -0.1) is 0 Å². The standard InChI is InChI=1S/C7H2F3NS/c8-4-1-2-5(9)7(6(4)10)11-3-12/h1-2H. The van der Waals surface area contributed by atoms with Crippen LogP contribution in [0.3, 0.4) is 0 Å². The van der Waals surface area contributed by atoms with E-state index in [2.05, 4.69) is 17.2 Å². The normalized spacial score (nSPS) is 9.25. The molecular weight excluding hydrogens is 187 g/mol. The Morgan fingerprint density at radius 2 is 1.75 bits per heavy atom. The Hall–Kier alpha value is -1.19. The molecule has 1 nitrogen and oxygen atoms in total. The Morgan fingerprint density at radius 1 is 1.17 bits per heavy atom. The fourth-order valence-electron chi connectivity index (χ4n) is 0.665. The number of halogens is 3. The van der Waals surface area contributed by atoms with Crippen LogP contribution in [0, 0.1) is 17.5 Å². The molecule has 0 aliphatic rings. The van der Waals surface area contributed by atoms with Crippen LogP contribution in [0.4, 0.5) is 18.9 Å². The van der Waals surface area contributed by atoms with E-state index in [0.29, 0.717) is 6.07 Å². The lowest BCUT2D eigenvalue weighted by molar-refractivity contribution is 0.498. The molecule has 0 aromatic heterocycles. The summed E-state index contributed by atoms with van der Waals surface area (Å²) in [5, 5.41) is 1.75. The van der Waals surface area contributed by atoms with E-state index < -0.39 is 23.1 Å². The van der Waals surface area contributed by atoms with Gasteiger partial charge in [-0.2, -0.15) is 4.99 Å². The highest BCUT2D eigenvalue weighted by Gasteiger charge is 2.11. The van der Waals surface area contributed by atoms with E-state index in [-0.39, 0.29) is 0 Å². The number of rotatable bonds is 1. The molecule has 1 rings (SSSR count). The zero-order valence-corrected chi connectivity index (χ0v) is 6.46. The predicted octanol–water partition coefficient (Wildman–Crippen LogP) is 2.84. The second kappa shape index (κ2) is 3.47. The largest absolute Gasteiger partial charge is 0.204 e. The van der Waals surface area contributed by atoms with Gasteiger partial charge in [0.15, 0.2) is 17.5 Å². The van der Waals surface area contributed by atoms with Gasteiger partial charge in [-0.05, 0) is 24.4 Å². The molecule has 1 aromatic rings. The Bertz CT molecular complexity index is 358. The molecule has 0 fully saturated rings. The van der Waals surface area contributed by atoms with E-state index in [1.54, 1.807) is 5.16 Å². The van der Waals surface area contributed by atoms with Crippen molar-refractivity contribution in [2.75, 3.05) is 0 Å². The minimum absolute atomic E-state index is 0.674. The van der Waals surface area contributed by atoms with Crippen LogP contribution in [0.2, 0.25) is 0 Å². The van der Waals surface area contributed by atoms with Gasteiger partial charge in [0.1, 0.15) is 5.69 Å². The number of benzene rings is 1. The number of thiocarbonyl (C=S) groups is 1. The maximum atomic E-state index is 12.7. The summed E-state index contributed by atoms with van der Waals surface area (Å²) in [5.74, 6) is -3.49. The molecule has 0 amide bonds. The second-order valence-electron chi connectivity index (χ2n) is 1.89. The number of isothiocyanates is 1. The highest BCUT2D eigenvalue weighted by molar-refractivity contribution is 7.78. The summed E-state index contributed by atoms with van der Waals surface area (Å²) in [5.41, 5.74) is -0.745. The van der Waals surface area contributed by atoms with Crippen LogP contribution in [0.15, 0.2) is 17.1 Å². The number of nitrogens with zero attached hydrogens (tertiary/aromatic N) is 1. The molecule has 0 saturated carbocycles. The first-order valence-corrected chi connectivity index (χ1v) is 3.29. The van der Waals surface area contributed by atoms with Crippen LogP contribution < -0.4 is 0 Å². The molecule has 0 N–H and O–H groups in total. The van der Waals surface area contributed by atoms with Crippen LogP contribution in [-0.2, 0) is 0 Å². The van der Waals surface area contributed by atoms with Crippen LogP contribution in [-0.4, -0.2) is 5.16 Å². The van der Waals surface area contributed by atoms with Crippen LogP contribution >= 0.6 is 12.2 Å². The topological polar surface area (TPSA) is 12.4 Å². The summed E-state index contributed by atoms with van der Waals surface area (Å²) < 4.78 is 37.7. The number of aliphatic imine (C=N–C) groups is 1. The molecule has 12 heavy (non-hydrogen) atoms. The van der Waals surface area contributed by atoms with Gasteiger partial charge in [0.05, 0.1) is 5.16 Å². The molecule has 0 radical (unpaired) electrons. The Kier molecular flexibility index (Phi) is 2.58. The van der Waals surface area contributed by atoms with Crippen molar-refractivity contribution in [2.24, 2.45) is 4.99 Å². The minimum atomic E-state index is -1.35. The lowest BCUT2D eigenvalue weighted by atomic mass is 10.3. The van der Waals surface area contributed by atoms with Crippen LogP contribution in [0.25, 0.3) is 0 Å². The van der Waals surface area contributed by atoms with Crippen molar-refractivity contribution in [3.05, 3.63) is 29.6 Å². The fraction of sp³-hybridized carbons (Fsp3) is 0. The van der Waals surface area contributed by atoms with Crippen molar-refractivity contribution in [3.8, 4) is 0 Å². The molecule has 0 aliphatic heterocycles. The van der Waals surface area contributed by atoms with E-state index in [1.165, 1.54) is 0 Å². The third kappa shape index (κ3) is 1.52. The van der Waals surface area contributed by atoms with E-state index in [0.717, 1.165) is 6.07 Å². The van der Waals surface area contributed by atoms with E-state index in [4.69, 9.17) is 0 Å².